The lowest BCUT2D eigenvalue weighted by atomic mass is 10.1. The number of anilines is 1. The molecule has 0 atom stereocenters. The van der Waals surface area contributed by atoms with Gasteiger partial charge in [0.25, 0.3) is 5.91 Å². The number of hydrogen-bond donors (Lipinski definition) is 1. The van der Waals surface area contributed by atoms with Crippen LogP contribution in [0.25, 0.3) is 11.0 Å². The third kappa shape index (κ3) is 4.35. The molecule has 4 aromatic rings. The molecule has 5 heteroatoms. The second-order valence-corrected chi connectivity index (χ2v) is 7.18. The van der Waals surface area contributed by atoms with Crippen LogP contribution < -0.4 is 10.1 Å². The van der Waals surface area contributed by atoms with Crippen molar-refractivity contribution in [1.82, 2.24) is 9.55 Å². The number of para-hydroxylation sites is 2. The van der Waals surface area contributed by atoms with Crippen molar-refractivity contribution in [3.63, 3.8) is 0 Å². The summed E-state index contributed by atoms with van der Waals surface area (Å²) in [6.07, 6.45) is 1.76. The molecule has 1 heterocycles. The smallest absolute Gasteiger partial charge is 0.255 e. The molecule has 3 aromatic carbocycles. The Morgan fingerprint density at radius 2 is 1.70 bits per heavy atom. The van der Waals surface area contributed by atoms with Crippen molar-refractivity contribution in [1.29, 1.82) is 0 Å². The molecule has 0 aliphatic rings. The molecule has 0 saturated carbocycles. The van der Waals surface area contributed by atoms with Crippen molar-refractivity contribution in [2.75, 3.05) is 11.9 Å². The van der Waals surface area contributed by atoms with Gasteiger partial charge < -0.3 is 14.6 Å². The summed E-state index contributed by atoms with van der Waals surface area (Å²) in [4.78, 5) is 17.2. The first-order valence-electron chi connectivity index (χ1n) is 10.2. The van der Waals surface area contributed by atoms with E-state index >= 15 is 0 Å². The van der Waals surface area contributed by atoms with E-state index in [0.717, 1.165) is 41.1 Å². The standard InChI is InChI=1S/C25H25N3O2/c1-3-30-21-15-11-19(12-16-21)25(29)26-20-13-8-18(9-14-20)10-17-24-27-22-6-4-5-7-23(22)28(24)2/h4-9,11-16H,3,10,17H2,1-2H3,(H,26,29). The van der Waals surface area contributed by atoms with Crippen LogP contribution in [-0.2, 0) is 19.9 Å². The number of carbonyl (C=O) groups excluding carboxylic acids is 1. The second kappa shape index (κ2) is 8.82. The number of hydrogen-bond acceptors (Lipinski definition) is 3. The zero-order valence-electron chi connectivity index (χ0n) is 17.3. The number of amides is 1. The molecule has 0 saturated heterocycles. The Morgan fingerprint density at radius 3 is 2.40 bits per heavy atom. The maximum atomic E-state index is 12.4. The van der Waals surface area contributed by atoms with E-state index in [0.29, 0.717) is 12.2 Å². The molecule has 152 valence electrons. The van der Waals surface area contributed by atoms with Gasteiger partial charge in [0.2, 0.25) is 0 Å². The van der Waals surface area contributed by atoms with Crippen LogP contribution in [0.2, 0.25) is 0 Å². The van der Waals surface area contributed by atoms with Gasteiger partial charge in [-0.1, -0.05) is 24.3 Å². The van der Waals surface area contributed by atoms with Gasteiger partial charge in [0.1, 0.15) is 11.6 Å². The molecule has 0 radical (unpaired) electrons. The Kier molecular flexibility index (Phi) is 5.80. The number of aryl methyl sites for hydroxylation is 3. The molecule has 0 aliphatic heterocycles. The van der Waals surface area contributed by atoms with Crippen molar-refractivity contribution in [3.8, 4) is 5.75 Å². The molecule has 0 unspecified atom stereocenters. The molecule has 0 aliphatic carbocycles. The molecule has 1 N–H and O–H groups in total. The van der Waals surface area contributed by atoms with Gasteiger partial charge >= 0.3 is 0 Å². The maximum absolute atomic E-state index is 12.4. The highest BCUT2D eigenvalue weighted by Gasteiger charge is 2.09. The molecule has 1 amide bonds. The van der Waals surface area contributed by atoms with E-state index in [1.54, 1.807) is 12.1 Å². The minimum atomic E-state index is -0.134. The van der Waals surface area contributed by atoms with E-state index in [1.165, 1.54) is 5.56 Å². The van der Waals surface area contributed by atoms with Crippen molar-refractivity contribution < 1.29 is 9.53 Å². The van der Waals surface area contributed by atoms with Crippen LogP contribution in [0.5, 0.6) is 5.75 Å². The first kappa shape index (κ1) is 19.7. The topological polar surface area (TPSA) is 56.1 Å². The Labute approximate surface area is 176 Å². The normalized spacial score (nSPS) is 10.9. The van der Waals surface area contributed by atoms with E-state index in [2.05, 4.69) is 35.1 Å². The summed E-state index contributed by atoms with van der Waals surface area (Å²) >= 11 is 0. The molecule has 4 rings (SSSR count). The number of nitrogens with one attached hydrogen (secondary N) is 1. The van der Waals surface area contributed by atoms with Crippen LogP contribution in [0.3, 0.4) is 0 Å². The van der Waals surface area contributed by atoms with Gasteiger partial charge in [-0.15, -0.1) is 0 Å². The van der Waals surface area contributed by atoms with Gasteiger partial charge in [-0.2, -0.15) is 0 Å². The van der Waals surface area contributed by atoms with Crippen molar-refractivity contribution >= 4 is 22.6 Å². The van der Waals surface area contributed by atoms with Crippen molar-refractivity contribution in [3.05, 3.63) is 89.7 Å². The largest absolute Gasteiger partial charge is 0.494 e. The summed E-state index contributed by atoms with van der Waals surface area (Å²) in [5, 5.41) is 2.94. The molecular formula is C25H25N3O2. The number of ether oxygens (including phenoxy) is 1. The van der Waals surface area contributed by atoms with E-state index < -0.39 is 0 Å². The van der Waals surface area contributed by atoms with Crippen LogP contribution in [-0.4, -0.2) is 22.1 Å². The van der Waals surface area contributed by atoms with Crippen LogP contribution in [0, 0.1) is 0 Å². The van der Waals surface area contributed by atoms with Gasteiger partial charge in [0, 0.05) is 24.7 Å². The van der Waals surface area contributed by atoms with Crippen LogP contribution >= 0.6 is 0 Å². The Morgan fingerprint density at radius 1 is 0.967 bits per heavy atom. The zero-order chi connectivity index (χ0) is 20.9. The van der Waals surface area contributed by atoms with Crippen molar-refractivity contribution in [2.24, 2.45) is 7.05 Å². The zero-order valence-corrected chi connectivity index (χ0v) is 17.3. The predicted molar refractivity (Wildman–Crippen MR) is 120 cm³/mol. The molecule has 5 nitrogen and oxygen atoms in total. The summed E-state index contributed by atoms with van der Waals surface area (Å²) in [6, 6.07) is 23.3. The van der Waals surface area contributed by atoms with Crippen LogP contribution in [0.1, 0.15) is 28.7 Å². The third-order valence-electron chi connectivity index (χ3n) is 5.16. The second-order valence-electron chi connectivity index (χ2n) is 7.18. The van der Waals surface area contributed by atoms with Gasteiger partial charge in [0.15, 0.2) is 0 Å². The number of nitrogens with zero attached hydrogens (tertiary/aromatic N) is 2. The number of fused-ring (bicyclic) bond motifs is 1. The summed E-state index contributed by atoms with van der Waals surface area (Å²) in [6.45, 7) is 2.54. The highest BCUT2D eigenvalue weighted by atomic mass is 16.5. The van der Waals surface area contributed by atoms with E-state index in [4.69, 9.17) is 9.72 Å². The van der Waals surface area contributed by atoms with Crippen molar-refractivity contribution in [2.45, 2.75) is 19.8 Å². The fourth-order valence-corrected chi connectivity index (χ4v) is 3.50. The first-order valence-corrected chi connectivity index (χ1v) is 10.2. The SMILES string of the molecule is CCOc1ccc(C(=O)Nc2ccc(CCc3nc4ccccc4n3C)cc2)cc1. The third-order valence-corrected chi connectivity index (χ3v) is 5.16. The predicted octanol–water partition coefficient (Wildman–Crippen LogP) is 5.01. The lowest BCUT2D eigenvalue weighted by molar-refractivity contribution is 0.102. The number of carbonyl (C=O) groups is 1. The molecule has 0 bridgehead atoms. The van der Waals surface area contributed by atoms with Gasteiger partial charge in [-0.05, 0) is 67.4 Å². The number of rotatable bonds is 7. The van der Waals surface area contributed by atoms with E-state index in [9.17, 15) is 4.79 Å². The van der Waals surface area contributed by atoms with Gasteiger partial charge in [0.05, 0.1) is 17.6 Å². The summed E-state index contributed by atoms with van der Waals surface area (Å²) in [5.74, 6) is 1.70. The highest BCUT2D eigenvalue weighted by Crippen LogP contribution is 2.18. The minimum absolute atomic E-state index is 0.134. The molecule has 30 heavy (non-hydrogen) atoms. The van der Waals surface area contributed by atoms with Crippen LogP contribution in [0.4, 0.5) is 5.69 Å². The molecule has 1 aromatic heterocycles. The Balaban J connectivity index is 1.36. The summed E-state index contributed by atoms with van der Waals surface area (Å²) < 4.78 is 7.57. The lowest BCUT2D eigenvalue weighted by Gasteiger charge is -2.08. The van der Waals surface area contributed by atoms with Gasteiger partial charge in [-0.25, -0.2) is 4.98 Å². The Hall–Kier alpha value is -3.60. The molecule has 0 fully saturated rings. The number of aromatic nitrogens is 2. The molecule has 0 spiro atoms. The minimum Gasteiger partial charge on any atom is -0.494 e. The highest BCUT2D eigenvalue weighted by molar-refractivity contribution is 6.04. The average Bonchev–Trinajstić information content (AvgIpc) is 3.10. The van der Waals surface area contributed by atoms with E-state index in [-0.39, 0.29) is 5.91 Å². The average molecular weight is 399 g/mol. The maximum Gasteiger partial charge on any atom is 0.255 e. The monoisotopic (exact) mass is 399 g/mol. The quantitative estimate of drug-likeness (QED) is 0.475. The fraction of sp³-hybridized carbons (Fsp3) is 0.200. The molecular weight excluding hydrogens is 374 g/mol. The fourth-order valence-electron chi connectivity index (χ4n) is 3.50. The van der Waals surface area contributed by atoms with Gasteiger partial charge in [-0.3, -0.25) is 4.79 Å². The summed E-state index contributed by atoms with van der Waals surface area (Å²) in [7, 11) is 2.06. The Bertz CT molecular complexity index is 1150. The first-order chi connectivity index (χ1) is 14.6. The van der Waals surface area contributed by atoms with E-state index in [1.807, 2.05) is 49.4 Å². The number of benzene rings is 3. The van der Waals surface area contributed by atoms with Crippen LogP contribution in [0.15, 0.2) is 72.8 Å². The lowest BCUT2D eigenvalue weighted by Crippen LogP contribution is -2.11. The summed E-state index contributed by atoms with van der Waals surface area (Å²) in [5.41, 5.74) is 4.77. The number of imidazole rings is 1.